The van der Waals surface area contributed by atoms with Crippen molar-refractivity contribution >= 4 is 11.8 Å². The van der Waals surface area contributed by atoms with Gasteiger partial charge < -0.3 is 9.30 Å². The molecular weight excluding hydrogens is 334 g/mol. The normalized spacial score (nSPS) is 17.2. The van der Waals surface area contributed by atoms with E-state index in [4.69, 9.17) is 4.74 Å². The minimum absolute atomic E-state index is 0.284. The second-order valence-electron chi connectivity index (χ2n) is 6.04. The van der Waals surface area contributed by atoms with Crippen LogP contribution in [0.1, 0.15) is 12.8 Å². The van der Waals surface area contributed by atoms with Crippen molar-refractivity contribution in [2.45, 2.75) is 37.2 Å². The number of hydrogen-bond donors (Lipinski definition) is 0. The van der Waals surface area contributed by atoms with E-state index in [1.165, 1.54) is 5.56 Å². The Balaban J connectivity index is 1.53. The monoisotopic (exact) mass is 355 g/mol. The summed E-state index contributed by atoms with van der Waals surface area (Å²) in [5.74, 6) is 0.903. The summed E-state index contributed by atoms with van der Waals surface area (Å²) >= 11 is 1.75. The van der Waals surface area contributed by atoms with Gasteiger partial charge in [0.2, 0.25) is 0 Å². The molecule has 2 aromatic heterocycles. The van der Waals surface area contributed by atoms with Crippen LogP contribution in [0.3, 0.4) is 0 Å². The highest BCUT2D eigenvalue weighted by atomic mass is 32.2. The average Bonchev–Trinajstić information content (AvgIpc) is 3.39. The molecule has 1 atom stereocenters. The molecule has 1 aromatic carbocycles. The zero-order valence-corrected chi connectivity index (χ0v) is 14.8. The number of thioether (sulfide) groups is 1. The van der Waals surface area contributed by atoms with Crippen LogP contribution in [0, 0.1) is 0 Å². The maximum Gasteiger partial charge on any atom is 0.168 e. The van der Waals surface area contributed by atoms with Crippen LogP contribution in [-0.4, -0.2) is 42.8 Å². The molecule has 0 N–H and O–H groups in total. The summed E-state index contributed by atoms with van der Waals surface area (Å²) < 4.78 is 10.0. The fourth-order valence-electron chi connectivity index (χ4n) is 3.06. The molecule has 1 fully saturated rings. The predicted molar refractivity (Wildman–Crippen MR) is 97.4 cm³/mol. The van der Waals surface area contributed by atoms with Gasteiger partial charge in [-0.25, -0.2) is 9.97 Å². The Morgan fingerprint density at radius 3 is 2.92 bits per heavy atom. The lowest BCUT2D eigenvalue weighted by Crippen LogP contribution is -2.16. The molecule has 1 aliphatic rings. The SMILES string of the molecule is c1ccc(-c2cnc(SCCn3cncn3)n2C[C@@H]2CCCO2)cc1. The van der Waals surface area contributed by atoms with Crippen LogP contribution in [0.15, 0.2) is 54.3 Å². The summed E-state index contributed by atoms with van der Waals surface area (Å²) in [6.07, 6.45) is 7.84. The number of aryl methyl sites for hydroxylation is 1. The smallest absolute Gasteiger partial charge is 0.168 e. The van der Waals surface area contributed by atoms with Gasteiger partial charge in [0.05, 0.1) is 31.1 Å². The number of aromatic nitrogens is 5. The molecule has 1 saturated heterocycles. The highest BCUT2D eigenvalue weighted by Crippen LogP contribution is 2.28. The molecule has 6 nitrogen and oxygen atoms in total. The van der Waals surface area contributed by atoms with Crippen LogP contribution in [0.25, 0.3) is 11.3 Å². The molecular formula is C18H21N5OS. The molecule has 3 aromatic rings. The largest absolute Gasteiger partial charge is 0.376 e. The molecule has 0 radical (unpaired) electrons. The van der Waals surface area contributed by atoms with Gasteiger partial charge in [-0.05, 0) is 18.4 Å². The lowest BCUT2D eigenvalue weighted by molar-refractivity contribution is 0.0954. The Kier molecular flexibility index (Phi) is 5.13. The summed E-state index contributed by atoms with van der Waals surface area (Å²) in [5, 5.41) is 5.19. The van der Waals surface area contributed by atoms with Crippen LogP contribution in [0.5, 0.6) is 0 Å². The van der Waals surface area contributed by atoms with Crippen LogP contribution < -0.4 is 0 Å². The van der Waals surface area contributed by atoms with Crippen molar-refractivity contribution in [2.24, 2.45) is 0 Å². The number of imidazole rings is 1. The number of hydrogen-bond acceptors (Lipinski definition) is 5. The molecule has 0 aliphatic carbocycles. The lowest BCUT2D eigenvalue weighted by atomic mass is 10.1. The number of benzene rings is 1. The second kappa shape index (κ2) is 7.84. The molecule has 0 amide bonds. The Hall–Kier alpha value is -2.12. The van der Waals surface area contributed by atoms with Crippen molar-refractivity contribution < 1.29 is 4.74 Å². The van der Waals surface area contributed by atoms with Gasteiger partial charge in [0.1, 0.15) is 12.7 Å². The first kappa shape index (κ1) is 16.4. The third kappa shape index (κ3) is 3.93. The van der Waals surface area contributed by atoms with Crippen LogP contribution >= 0.6 is 11.8 Å². The standard InChI is InChI=1S/C18H21N5OS/c1-2-5-15(6-3-1)17-11-20-18(23(17)12-16-7-4-9-24-16)25-10-8-22-14-19-13-21-22/h1-3,5-6,11,13-14,16H,4,7-10,12H2/t16-/m0/s1. The highest BCUT2D eigenvalue weighted by Gasteiger charge is 2.20. The van der Waals surface area contributed by atoms with E-state index in [0.717, 1.165) is 49.1 Å². The maximum atomic E-state index is 5.86. The van der Waals surface area contributed by atoms with E-state index in [1.807, 2.05) is 16.9 Å². The first-order valence-corrected chi connectivity index (χ1v) is 9.56. The van der Waals surface area contributed by atoms with Crippen molar-refractivity contribution in [2.75, 3.05) is 12.4 Å². The van der Waals surface area contributed by atoms with Crippen LogP contribution in [0.2, 0.25) is 0 Å². The first-order valence-electron chi connectivity index (χ1n) is 8.58. The van der Waals surface area contributed by atoms with Gasteiger partial charge in [0.25, 0.3) is 0 Å². The van der Waals surface area contributed by atoms with Gasteiger partial charge in [-0.1, -0.05) is 42.1 Å². The zero-order chi connectivity index (χ0) is 16.9. The minimum atomic E-state index is 0.284. The fourth-order valence-corrected chi connectivity index (χ4v) is 3.98. The van der Waals surface area contributed by atoms with Crippen molar-refractivity contribution in [3.63, 3.8) is 0 Å². The van der Waals surface area contributed by atoms with E-state index >= 15 is 0 Å². The van der Waals surface area contributed by atoms with E-state index in [9.17, 15) is 0 Å². The maximum absolute atomic E-state index is 5.86. The molecule has 7 heteroatoms. The Bertz CT molecular complexity index is 781. The van der Waals surface area contributed by atoms with E-state index in [2.05, 4.69) is 43.9 Å². The summed E-state index contributed by atoms with van der Waals surface area (Å²) in [6, 6.07) is 10.4. The van der Waals surface area contributed by atoms with E-state index in [1.54, 1.807) is 24.4 Å². The van der Waals surface area contributed by atoms with Crippen molar-refractivity contribution in [1.82, 2.24) is 24.3 Å². The van der Waals surface area contributed by atoms with Gasteiger partial charge in [-0.2, -0.15) is 5.10 Å². The molecule has 0 bridgehead atoms. The van der Waals surface area contributed by atoms with Crippen molar-refractivity contribution in [1.29, 1.82) is 0 Å². The van der Waals surface area contributed by atoms with Crippen LogP contribution in [-0.2, 0) is 17.8 Å². The Morgan fingerprint density at radius 2 is 2.16 bits per heavy atom. The lowest BCUT2D eigenvalue weighted by Gasteiger charge is -2.16. The van der Waals surface area contributed by atoms with E-state index in [-0.39, 0.29) is 6.10 Å². The second-order valence-corrected chi connectivity index (χ2v) is 7.11. The molecule has 0 unspecified atom stereocenters. The number of nitrogens with zero attached hydrogens (tertiary/aromatic N) is 5. The van der Waals surface area contributed by atoms with Crippen LogP contribution in [0.4, 0.5) is 0 Å². The first-order chi connectivity index (χ1) is 12.4. The zero-order valence-electron chi connectivity index (χ0n) is 14.0. The molecule has 25 heavy (non-hydrogen) atoms. The minimum Gasteiger partial charge on any atom is -0.376 e. The third-order valence-corrected chi connectivity index (χ3v) is 5.29. The quantitative estimate of drug-likeness (QED) is 0.610. The predicted octanol–water partition coefficient (Wildman–Crippen LogP) is 3.11. The van der Waals surface area contributed by atoms with Crippen molar-refractivity contribution in [3.8, 4) is 11.3 Å². The van der Waals surface area contributed by atoms with Crippen molar-refractivity contribution in [3.05, 3.63) is 49.2 Å². The fraction of sp³-hybridized carbons (Fsp3) is 0.389. The van der Waals surface area contributed by atoms with E-state index < -0.39 is 0 Å². The topological polar surface area (TPSA) is 57.8 Å². The average molecular weight is 355 g/mol. The number of rotatable bonds is 7. The molecule has 1 aliphatic heterocycles. The molecule has 0 spiro atoms. The highest BCUT2D eigenvalue weighted by molar-refractivity contribution is 7.99. The Labute approximate surface area is 151 Å². The van der Waals surface area contributed by atoms with Gasteiger partial charge in [-0.3, -0.25) is 4.68 Å². The van der Waals surface area contributed by atoms with Gasteiger partial charge in [0.15, 0.2) is 5.16 Å². The summed E-state index contributed by atoms with van der Waals surface area (Å²) in [7, 11) is 0. The van der Waals surface area contributed by atoms with Gasteiger partial charge in [-0.15, -0.1) is 0 Å². The molecule has 3 heterocycles. The van der Waals surface area contributed by atoms with Gasteiger partial charge in [0, 0.05) is 12.4 Å². The molecule has 4 rings (SSSR count). The molecule has 0 saturated carbocycles. The summed E-state index contributed by atoms with van der Waals surface area (Å²) in [4.78, 5) is 8.66. The third-order valence-electron chi connectivity index (χ3n) is 4.32. The van der Waals surface area contributed by atoms with Gasteiger partial charge >= 0.3 is 0 Å². The molecule has 130 valence electrons. The summed E-state index contributed by atoms with van der Waals surface area (Å²) in [6.45, 7) is 2.54. The Morgan fingerprint density at radius 1 is 1.24 bits per heavy atom. The van der Waals surface area contributed by atoms with E-state index in [0.29, 0.717) is 0 Å². The number of ether oxygens (including phenoxy) is 1. The summed E-state index contributed by atoms with van der Waals surface area (Å²) in [5.41, 5.74) is 2.34.